The monoisotopic (exact) mass is 465 g/mol. The number of rotatable bonds is 6. The zero-order chi connectivity index (χ0) is 23.5. The summed E-state index contributed by atoms with van der Waals surface area (Å²) in [7, 11) is 0. The third-order valence-electron chi connectivity index (χ3n) is 4.78. The van der Waals surface area contributed by atoms with Crippen molar-refractivity contribution >= 4 is 34.2 Å². The van der Waals surface area contributed by atoms with Gasteiger partial charge in [0.25, 0.3) is 0 Å². The van der Waals surface area contributed by atoms with Crippen LogP contribution in [-0.2, 0) is 11.3 Å². The van der Waals surface area contributed by atoms with Gasteiger partial charge < -0.3 is 13.9 Å². The van der Waals surface area contributed by atoms with Crippen LogP contribution in [0, 0.1) is 17.0 Å². The number of aryl methyl sites for hydroxylation is 1. The summed E-state index contributed by atoms with van der Waals surface area (Å²) < 4.78 is 16.1. The molecule has 0 fully saturated rings. The highest BCUT2D eigenvalue weighted by atomic mass is 35.5. The van der Waals surface area contributed by atoms with Crippen molar-refractivity contribution in [3.05, 3.63) is 109 Å². The molecule has 33 heavy (non-hydrogen) atoms. The van der Waals surface area contributed by atoms with Crippen LogP contribution in [0.4, 0.5) is 5.69 Å². The highest BCUT2D eigenvalue weighted by Crippen LogP contribution is 2.33. The first-order valence-corrected chi connectivity index (χ1v) is 10.1. The predicted molar refractivity (Wildman–Crippen MR) is 121 cm³/mol. The molecule has 0 aliphatic heterocycles. The van der Waals surface area contributed by atoms with Crippen LogP contribution in [0.25, 0.3) is 11.0 Å². The molecule has 0 saturated carbocycles. The van der Waals surface area contributed by atoms with Crippen molar-refractivity contribution in [3.63, 3.8) is 0 Å². The number of nitro groups is 1. The van der Waals surface area contributed by atoms with Gasteiger partial charge in [0.1, 0.15) is 17.9 Å². The van der Waals surface area contributed by atoms with Crippen LogP contribution in [0.2, 0.25) is 5.02 Å². The van der Waals surface area contributed by atoms with E-state index in [1.165, 1.54) is 48.5 Å². The molecule has 0 unspecified atom stereocenters. The minimum Gasteiger partial charge on any atom is -0.457 e. The van der Waals surface area contributed by atoms with Crippen molar-refractivity contribution in [2.75, 3.05) is 0 Å². The number of benzene rings is 3. The fraction of sp³-hybridized carbons (Fsp3) is 0.0833. The maximum absolute atomic E-state index is 12.5. The van der Waals surface area contributed by atoms with E-state index in [-0.39, 0.29) is 28.6 Å². The van der Waals surface area contributed by atoms with Crippen LogP contribution in [0.1, 0.15) is 21.5 Å². The molecule has 0 aliphatic carbocycles. The Hall–Kier alpha value is -4.17. The number of fused-ring (bicyclic) bond motifs is 1. The lowest BCUT2D eigenvalue weighted by molar-refractivity contribution is -0.385. The molecule has 0 N–H and O–H groups in total. The van der Waals surface area contributed by atoms with Crippen LogP contribution < -0.4 is 10.4 Å². The average Bonchev–Trinajstić information content (AvgIpc) is 2.78. The highest BCUT2D eigenvalue weighted by Gasteiger charge is 2.17. The van der Waals surface area contributed by atoms with Crippen LogP contribution >= 0.6 is 11.6 Å². The molecular weight excluding hydrogens is 450 g/mol. The minimum absolute atomic E-state index is 0.0183. The summed E-state index contributed by atoms with van der Waals surface area (Å²) in [5.74, 6) is -0.295. The number of nitrogens with zero attached hydrogens (tertiary/aromatic N) is 1. The summed E-state index contributed by atoms with van der Waals surface area (Å²) >= 11 is 5.81. The number of hydrogen-bond acceptors (Lipinski definition) is 7. The third kappa shape index (κ3) is 5.02. The number of hydrogen-bond donors (Lipinski definition) is 0. The normalized spacial score (nSPS) is 10.7. The molecule has 8 nitrogen and oxygen atoms in total. The molecule has 0 atom stereocenters. The van der Waals surface area contributed by atoms with Gasteiger partial charge in [-0.15, -0.1) is 0 Å². The lowest BCUT2D eigenvalue weighted by Crippen LogP contribution is -2.08. The lowest BCUT2D eigenvalue weighted by Gasteiger charge is -2.09. The number of carbonyl (C=O) groups is 1. The second-order valence-electron chi connectivity index (χ2n) is 7.16. The van der Waals surface area contributed by atoms with Gasteiger partial charge in [0, 0.05) is 28.1 Å². The number of carbonyl (C=O) groups excluding carboxylic acids is 1. The number of halogens is 1. The van der Waals surface area contributed by atoms with Crippen molar-refractivity contribution < 1.29 is 23.6 Å². The van der Waals surface area contributed by atoms with Crippen LogP contribution in [-0.4, -0.2) is 10.9 Å². The molecule has 0 amide bonds. The van der Waals surface area contributed by atoms with Crippen LogP contribution in [0.3, 0.4) is 0 Å². The van der Waals surface area contributed by atoms with E-state index in [1.807, 2.05) is 13.0 Å². The van der Waals surface area contributed by atoms with Crippen LogP contribution in [0.15, 0.2) is 75.9 Å². The Kier molecular flexibility index (Phi) is 6.10. The maximum Gasteiger partial charge on any atom is 0.338 e. The second kappa shape index (κ2) is 9.13. The molecule has 1 aromatic heterocycles. The molecule has 166 valence electrons. The molecular formula is C24H16ClNO7. The molecule has 0 saturated heterocycles. The third-order valence-corrected chi connectivity index (χ3v) is 5.02. The highest BCUT2D eigenvalue weighted by molar-refractivity contribution is 6.30. The molecule has 0 spiro atoms. The summed E-state index contributed by atoms with van der Waals surface area (Å²) in [4.78, 5) is 34.9. The molecule has 9 heteroatoms. The van der Waals surface area contributed by atoms with E-state index in [9.17, 15) is 19.7 Å². The van der Waals surface area contributed by atoms with Gasteiger partial charge in [-0.05, 0) is 55.0 Å². The molecule has 0 bridgehead atoms. The van der Waals surface area contributed by atoms with Crippen molar-refractivity contribution in [1.29, 1.82) is 0 Å². The lowest BCUT2D eigenvalue weighted by atomic mass is 10.1. The zero-order valence-corrected chi connectivity index (χ0v) is 18.0. The van der Waals surface area contributed by atoms with E-state index in [0.29, 0.717) is 22.3 Å². The molecule has 4 rings (SSSR count). The standard InChI is InChI=1S/C24H16ClNO7/c1-14-2-8-19-16(11-23(27)33-22(19)10-14)13-31-24(28)15-3-6-18(7-4-15)32-21-9-5-17(25)12-20(21)26(29)30/h2-12H,13H2,1H3. The number of nitro benzene ring substituents is 1. The topological polar surface area (TPSA) is 109 Å². The summed E-state index contributed by atoms with van der Waals surface area (Å²) in [6, 6.07) is 16.7. The Morgan fingerprint density at radius 3 is 2.55 bits per heavy atom. The molecule has 1 heterocycles. The van der Waals surface area contributed by atoms with E-state index < -0.39 is 16.5 Å². The van der Waals surface area contributed by atoms with Gasteiger partial charge in [-0.2, -0.15) is 0 Å². The first kappa shape index (κ1) is 22.0. The smallest absolute Gasteiger partial charge is 0.338 e. The molecule has 3 aromatic carbocycles. The van der Waals surface area contributed by atoms with E-state index in [2.05, 4.69) is 0 Å². The van der Waals surface area contributed by atoms with Crippen molar-refractivity contribution in [2.45, 2.75) is 13.5 Å². The maximum atomic E-state index is 12.5. The van der Waals surface area contributed by atoms with Gasteiger partial charge in [-0.3, -0.25) is 10.1 Å². The van der Waals surface area contributed by atoms with Crippen molar-refractivity contribution in [3.8, 4) is 11.5 Å². The summed E-state index contributed by atoms with van der Waals surface area (Å²) in [6.07, 6.45) is 0. The van der Waals surface area contributed by atoms with E-state index >= 15 is 0 Å². The molecule has 0 radical (unpaired) electrons. The minimum atomic E-state index is -0.604. The van der Waals surface area contributed by atoms with Gasteiger partial charge >= 0.3 is 17.3 Å². The Labute approximate surface area is 192 Å². The molecule has 0 aliphatic rings. The SMILES string of the molecule is Cc1ccc2c(COC(=O)c3ccc(Oc4ccc(Cl)cc4[N+](=O)[O-])cc3)cc(=O)oc2c1. The zero-order valence-electron chi connectivity index (χ0n) is 17.2. The number of esters is 1. The van der Waals surface area contributed by atoms with Gasteiger partial charge in [0.05, 0.1) is 10.5 Å². The second-order valence-corrected chi connectivity index (χ2v) is 7.60. The Balaban J connectivity index is 1.47. The van der Waals surface area contributed by atoms with Crippen LogP contribution in [0.5, 0.6) is 11.5 Å². The van der Waals surface area contributed by atoms with Gasteiger partial charge in [0.2, 0.25) is 5.75 Å². The predicted octanol–water partition coefficient (Wildman–Crippen LogP) is 5.81. The van der Waals surface area contributed by atoms with E-state index in [4.69, 9.17) is 25.5 Å². The Bertz CT molecular complexity index is 1430. The fourth-order valence-electron chi connectivity index (χ4n) is 3.19. The summed E-state index contributed by atoms with van der Waals surface area (Å²) in [5.41, 5.74) is 1.33. The van der Waals surface area contributed by atoms with Crippen molar-refractivity contribution in [1.82, 2.24) is 0 Å². The largest absolute Gasteiger partial charge is 0.457 e. The Morgan fingerprint density at radius 1 is 1.06 bits per heavy atom. The average molecular weight is 466 g/mol. The summed E-state index contributed by atoms with van der Waals surface area (Å²) in [6.45, 7) is 1.77. The van der Waals surface area contributed by atoms with Gasteiger partial charge in [0.15, 0.2) is 0 Å². The van der Waals surface area contributed by atoms with E-state index in [0.717, 1.165) is 5.56 Å². The number of ether oxygens (including phenoxy) is 2. The first-order valence-electron chi connectivity index (χ1n) is 9.72. The van der Waals surface area contributed by atoms with Gasteiger partial charge in [-0.1, -0.05) is 23.7 Å². The Morgan fingerprint density at radius 2 is 1.82 bits per heavy atom. The van der Waals surface area contributed by atoms with Crippen molar-refractivity contribution in [2.24, 2.45) is 0 Å². The first-order chi connectivity index (χ1) is 15.8. The molecule has 4 aromatic rings. The fourth-order valence-corrected chi connectivity index (χ4v) is 3.36. The summed E-state index contributed by atoms with van der Waals surface area (Å²) in [5, 5.41) is 12.1. The van der Waals surface area contributed by atoms with Gasteiger partial charge in [-0.25, -0.2) is 9.59 Å². The quantitative estimate of drug-likeness (QED) is 0.153. The van der Waals surface area contributed by atoms with E-state index in [1.54, 1.807) is 12.1 Å².